The third kappa shape index (κ3) is 1.33. The van der Waals surface area contributed by atoms with Crippen molar-refractivity contribution < 1.29 is 0 Å². The number of thiophene rings is 1. The highest BCUT2D eigenvalue weighted by atomic mass is 32.1. The van der Waals surface area contributed by atoms with E-state index in [4.69, 9.17) is 11.0 Å². The van der Waals surface area contributed by atoms with Gasteiger partial charge < -0.3 is 5.73 Å². The van der Waals surface area contributed by atoms with Gasteiger partial charge in [0.25, 0.3) is 0 Å². The number of nitrogens with two attached hydrogens (primary N) is 1. The Morgan fingerprint density at radius 1 is 1.17 bits per heavy atom. The van der Waals surface area contributed by atoms with E-state index >= 15 is 0 Å². The maximum Gasteiger partial charge on any atom is 0.128 e. The quantitative estimate of drug-likeness (QED) is 0.835. The second-order valence-electron chi connectivity index (χ2n) is 6.70. The van der Waals surface area contributed by atoms with Crippen LogP contribution in [0, 0.1) is 29.1 Å². The normalized spacial score (nSPS) is 40.9. The van der Waals surface area contributed by atoms with Crippen LogP contribution in [0.5, 0.6) is 0 Å². The summed E-state index contributed by atoms with van der Waals surface area (Å²) < 4.78 is 0. The monoisotopic (exact) mass is 258 g/mol. The molecule has 4 bridgehead atoms. The lowest BCUT2D eigenvalue weighted by Gasteiger charge is -2.57. The van der Waals surface area contributed by atoms with Gasteiger partial charge in [0.2, 0.25) is 0 Å². The highest BCUT2D eigenvalue weighted by molar-refractivity contribution is 7.11. The van der Waals surface area contributed by atoms with E-state index in [0.29, 0.717) is 5.41 Å². The molecule has 4 fully saturated rings. The van der Waals surface area contributed by atoms with Crippen molar-refractivity contribution in [3.63, 3.8) is 0 Å². The molecule has 2 nitrogen and oxygen atoms in total. The molecule has 4 aliphatic carbocycles. The molecule has 2 N–H and O–H groups in total. The van der Waals surface area contributed by atoms with Gasteiger partial charge in [0.05, 0.1) is 5.69 Å². The molecule has 0 amide bonds. The fraction of sp³-hybridized carbons (Fsp3) is 0.667. The average molecular weight is 258 g/mol. The van der Waals surface area contributed by atoms with Crippen LogP contribution in [0.15, 0.2) is 5.38 Å². The molecule has 0 saturated heterocycles. The Bertz CT molecular complexity index is 502. The Morgan fingerprint density at radius 3 is 2.17 bits per heavy atom. The summed E-state index contributed by atoms with van der Waals surface area (Å²) in [6.07, 6.45) is 8.33. The maximum absolute atomic E-state index is 9.09. The van der Waals surface area contributed by atoms with E-state index < -0.39 is 0 Å². The molecule has 0 aromatic carbocycles. The predicted octanol–water partition coefficient (Wildman–Crippen LogP) is 3.67. The molecule has 0 radical (unpaired) electrons. The van der Waals surface area contributed by atoms with E-state index in [9.17, 15) is 0 Å². The number of anilines is 1. The molecule has 0 aliphatic heterocycles. The zero-order valence-electron chi connectivity index (χ0n) is 10.5. The Balaban J connectivity index is 1.79. The van der Waals surface area contributed by atoms with E-state index in [-0.39, 0.29) is 0 Å². The number of hydrogen-bond donors (Lipinski definition) is 1. The van der Waals surface area contributed by atoms with E-state index in [0.717, 1.165) is 28.3 Å². The fourth-order valence-electron chi connectivity index (χ4n) is 5.30. The van der Waals surface area contributed by atoms with Gasteiger partial charge in [-0.05, 0) is 72.6 Å². The van der Waals surface area contributed by atoms with Crippen molar-refractivity contribution in [3.05, 3.63) is 15.8 Å². The van der Waals surface area contributed by atoms with Crippen LogP contribution >= 0.6 is 11.3 Å². The Morgan fingerprint density at radius 2 is 1.72 bits per heavy atom. The molecule has 1 aromatic heterocycles. The topological polar surface area (TPSA) is 49.8 Å². The van der Waals surface area contributed by atoms with Crippen LogP contribution in [0.1, 0.15) is 49.0 Å². The minimum atomic E-state index is 0.338. The molecule has 5 rings (SSSR count). The van der Waals surface area contributed by atoms with Crippen LogP contribution in [0.3, 0.4) is 0 Å². The standard InChI is InChI=1S/C15H18N2S/c16-7-13-14(17)12(8-18-13)15-4-9-1-10(5-15)3-11(2-9)6-15/h8-11H,1-6,17H2. The summed E-state index contributed by atoms with van der Waals surface area (Å²) in [5.74, 6) is 2.79. The van der Waals surface area contributed by atoms with Gasteiger partial charge in [0.15, 0.2) is 0 Å². The molecule has 1 aromatic rings. The molecule has 4 aliphatic rings. The lowest BCUT2D eigenvalue weighted by molar-refractivity contribution is -0.00465. The first-order valence-electron chi connectivity index (χ1n) is 6.98. The van der Waals surface area contributed by atoms with Crippen molar-refractivity contribution in [2.75, 3.05) is 5.73 Å². The van der Waals surface area contributed by atoms with E-state index in [1.165, 1.54) is 55.4 Å². The van der Waals surface area contributed by atoms with Crippen molar-refractivity contribution in [1.29, 1.82) is 5.26 Å². The maximum atomic E-state index is 9.09. The van der Waals surface area contributed by atoms with Gasteiger partial charge in [-0.3, -0.25) is 0 Å². The summed E-state index contributed by atoms with van der Waals surface area (Å²) in [5.41, 5.74) is 8.68. The third-order valence-electron chi connectivity index (χ3n) is 5.54. The molecule has 94 valence electrons. The van der Waals surface area contributed by atoms with E-state index in [1.807, 2.05) is 0 Å². The van der Waals surface area contributed by atoms with Gasteiger partial charge in [0, 0.05) is 0 Å². The summed E-state index contributed by atoms with van der Waals surface area (Å²) in [7, 11) is 0. The molecule has 0 atom stereocenters. The molecular weight excluding hydrogens is 240 g/mol. The highest BCUT2D eigenvalue weighted by Gasteiger charge is 2.52. The first-order chi connectivity index (χ1) is 8.70. The fourth-order valence-corrected chi connectivity index (χ4v) is 6.21. The van der Waals surface area contributed by atoms with Crippen molar-refractivity contribution in [1.82, 2.24) is 0 Å². The zero-order valence-corrected chi connectivity index (χ0v) is 11.3. The zero-order chi connectivity index (χ0) is 12.3. The third-order valence-corrected chi connectivity index (χ3v) is 6.44. The summed E-state index contributed by atoms with van der Waals surface area (Å²) in [4.78, 5) is 0.723. The highest BCUT2D eigenvalue weighted by Crippen LogP contribution is 2.62. The van der Waals surface area contributed by atoms with E-state index in [1.54, 1.807) is 0 Å². The largest absolute Gasteiger partial charge is 0.397 e. The van der Waals surface area contributed by atoms with Gasteiger partial charge in [-0.25, -0.2) is 0 Å². The van der Waals surface area contributed by atoms with Gasteiger partial charge in [-0.2, -0.15) is 5.26 Å². The van der Waals surface area contributed by atoms with Crippen molar-refractivity contribution >= 4 is 17.0 Å². The average Bonchev–Trinajstić information content (AvgIpc) is 2.69. The molecular formula is C15H18N2S. The first-order valence-corrected chi connectivity index (χ1v) is 7.86. The SMILES string of the molecule is N#Cc1scc(C23CC4CC(CC(C4)C2)C3)c1N. The predicted molar refractivity (Wildman–Crippen MR) is 73.3 cm³/mol. The summed E-state index contributed by atoms with van der Waals surface area (Å²) in [6, 6.07) is 2.24. The minimum Gasteiger partial charge on any atom is -0.397 e. The Hall–Kier alpha value is -1.01. The van der Waals surface area contributed by atoms with Crippen molar-refractivity contribution in [2.45, 2.75) is 43.9 Å². The molecule has 0 unspecified atom stereocenters. The number of nitrogen functional groups attached to an aromatic ring is 1. The summed E-state index contributed by atoms with van der Waals surface area (Å²) in [5, 5.41) is 11.3. The minimum absolute atomic E-state index is 0.338. The second-order valence-corrected chi connectivity index (χ2v) is 7.58. The number of nitrogens with zero attached hydrogens (tertiary/aromatic N) is 1. The van der Waals surface area contributed by atoms with Crippen LogP contribution in [0.2, 0.25) is 0 Å². The molecule has 4 saturated carbocycles. The number of nitriles is 1. The molecule has 18 heavy (non-hydrogen) atoms. The van der Waals surface area contributed by atoms with Crippen LogP contribution in [0.4, 0.5) is 5.69 Å². The van der Waals surface area contributed by atoms with Gasteiger partial charge in [-0.15, -0.1) is 11.3 Å². The molecule has 1 heterocycles. The smallest absolute Gasteiger partial charge is 0.128 e. The van der Waals surface area contributed by atoms with Crippen LogP contribution in [-0.4, -0.2) is 0 Å². The van der Waals surface area contributed by atoms with Gasteiger partial charge >= 0.3 is 0 Å². The lowest BCUT2D eigenvalue weighted by atomic mass is 9.48. The number of hydrogen-bond acceptors (Lipinski definition) is 3. The van der Waals surface area contributed by atoms with Crippen molar-refractivity contribution in [3.8, 4) is 6.07 Å². The Labute approximate surface area is 112 Å². The second kappa shape index (κ2) is 3.51. The van der Waals surface area contributed by atoms with Crippen LogP contribution in [-0.2, 0) is 5.41 Å². The Kier molecular flexibility index (Phi) is 2.12. The summed E-state index contributed by atoms with van der Waals surface area (Å²) >= 11 is 1.54. The summed E-state index contributed by atoms with van der Waals surface area (Å²) in [6.45, 7) is 0. The van der Waals surface area contributed by atoms with Gasteiger partial charge in [-0.1, -0.05) is 0 Å². The van der Waals surface area contributed by atoms with Crippen LogP contribution < -0.4 is 5.73 Å². The number of rotatable bonds is 1. The lowest BCUT2D eigenvalue weighted by Crippen LogP contribution is -2.48. The first kappa shape index (κ1) is 10.9. The van der Waals surface area contributed by atoms with Crippen LogP contribution in [0.25, 0.3) is 0 Å². The van der Waals surface area contributed by atoms with E-state index in [2.05, 4.69) is 11.4 Å². The van der Waals surface area contributed by atoms with Gasteiger partial charge in [0.1, 0.15) is 10.9 Å². The van der Waals surface area contributed by atoms with Crippen molar-refractivity contribution in [2.24, 2.45) is 17.8 Å². The molecule has 3 heteroatoms. The molecule has 0 spiro atoms.